The Labute approximate surface area is 112 Å². The van der Waals surface area contributed by atoms with E-state index in [2.05, 4.69) is 21.9 Å². The van der Waals surface area contributed by atoms with Gasteiger partial charge < -0.3 is 9.72 Å². The molecule has 2 aromatic rings. The SMILES string of the molecule is CC(C)(C)OC(=O)NNCc1ccc2[nH]ccc2c1. The quantitative estimate of drug-likeness (QED) is 0.744. The van der Waals surface area contributed by atoms with Crippen molar-refractivity contribution in [2.24, 2.45) is 0 Å². The second-order valence-electron chi connectivity index (χ2n) is 5.38. The van der Waals surface area contributed by atoms with Crippen molar-refractivity contribution in [3.05, 3.63) is 36.0 Å². The molecule has 1 amide bonds. The van der Waals surface area contributed by atoms with E-state index in [1.807, 2.05) is 45.2 Å². The van der Waals surface area contributed by atoms with Gasteiger partial charge in [-0.25, -0.2) is 10.2 Å². The number of rotatable bonds is 3. The lowest BCUT2D eigenvalue weighted by Crippen LogP contribution is -2.40. The first-order valence-corrected chi connectivity index (χ1v) is 6.22. The Morgan fingerprint density at radius 3 is 2.84 bits per heavy atom. The Bertz CT molecular complexity index is 569. The van der Waals surface area contributed by atoms with Crippen molar-refractivity contribution in [3.8, 4) is 0 Å². The molecule has 5 heteroatoms. The summed E-state index contributed by atoms with van der Waals surface area (Å²) in [5.41, 5.74) is 7.05. The van der Waals surface area contributed by atoms with Gasteiger partial charge in [0, 0.05) is 18.3 Å². The van der Waals surface area contributed by atoms with Crippen LogP contribution in [-0.2, 0) is 11.3 Å². The summed E-state index contributed by atoms with van der Waals surface area (Å²) in [6.45, 7) is 6.02. The molecular weight excluding hydrogens is 242 g/mol. The van der Waals surface area contributed by atoms with E-state index >= 15 is 0 Å². The minimum Gasteiger partial charge on any atom is -0.443 e. The van der Waals surface area contributed by atoms with Gasteiger partial charge in [0.1, 0.15) is 5.60 Å². The molecule has 0 fully saturated rings. The number of H-pyrrole nitrogens is 1. The first kappa shape index (κ1) is 13.4. The van der Waals surface area contributed by atoms with Crippen LogP contribution in [0, 0.1) is 0 Å². The summed E-state index contributed by atoms with van der Waals surface area (Å²) in [6.07, 6.45) is 1.43. The van der Waals surface area contributed by atoms with E-state index in [1.165, 1.54) is 0 Å². The predicted molar refractivity (Wildman–Crippen MR) is 74.5 cm³/mol. The van der Waals surface area contributed by atoms with Gasteiger partial charge in [0.15, 0.2) is 0 Å². The van der Waals surface area contributed by atoms with Gasteiger partial charge in [-0.05, 0) is 49.9 Å². The fraction of sp³-hybridized carbons (Fsp3) is 0.357. The zero-order chi connectivity index (χ0) is 13.9. The monoisotopic (exact) mass is 261 g/mol. The maximum absolute atomic E-state index is 11.4. The first-order valence-electron chi connectivity index (χ1n) is 6.22. The smallest absolute Gasteiger partial charge is 0.422 e. The van der Waals surface area contributed by atoms with Crippen molar-refractivity contribution in [3.63, 3.8) is 0 Å². The number of benzene rings is 1. The lowest BCUT2D eigenvalue weighted by atomic mass is 10.1. The van der Waals surface area contributed by atoms with Crippen molar-refractivity contribution in [1.29, 1.82) is 0 Å². The minimum atomic E-state index is -0.490. The fourth-order valence-corrected chi connectivity index (χ4v) is 1.73. The van der Waals surface area contributed by atoms with Crippen LogP contribution in [0.4, 0.5) is 4.79 Å². The average molecular weight is 261 g/mol. The molecule has 1 heterocycles. The van der Waals surface area contributed by atoms with E-state index in [4.69, 9.17) is 4.74 Å². The largest absolute Gasteiger partial charge is 0.443 e. The maximum Gasteiger partial charge on any atom is 0.422 e. The molecule has 0 radical (unpaired) electrons. The summed E-state index contributed by atoms with van der Waals surface area (Å²) < 4.78 is 5.12. The van der Waals surface area contributed by atoms with Crippen LogP contribution in [0.1, 0.15) is 26.3 Å². The Balaban J connectivity index is 1.83. The molecule has 0 bridgehead atoms. The number of amides is 1. The molecule has 0 aliphatic heterocycles. The molecule has 0 spiro atoms. The van der Waals surface area contributed by atoms with E-state index in [1.54, 1.807) is 0 Å². The lowest BCUT2D eigenvalue weighted by Gasteiger charge is -2.19. The Kier molecular flexibility index (Phi) is 3.76. The van der Waals surface area contributed by atoms with Crippen LogP contribution in [0.15, 0.2) is 30.5 Å². The molecule has 0 saturated heterocycles. The summed E-state index contributed by atoms with van der Waals surface area (Å²) in [5, 5.41) is 1.15. The molecule has 19 heavy (non-hydrogen) atoms. The summed E-state index contributed by atoms with van der Waals surface area (Å²) >= 11 is 0. The van der Waals surface area contributed by atoms with Crippen molar-refractivity contribution in [2.75, 3.05) is 0 Å². The van der Waals surface area contributed by atoms with Crippen LogP contribution < -0.4 is 10.9 Å². The molecule has 0 aliphatic rings. The predicted octanol–water partition coefficient (Wildman–Crippen LogP) is 2.70. The van der Waals surface area contributed by atoms with E-state index < -0.39 is 11.7 Å². The summed E-state index contributed by atoms with van der Waals surface area (Å²) in [5.74, 6) is 0. The van der Waals surface area contributed by atoms with E-state index in [0.717, 1.165) is 16.5 Å². The molecular formula is C14H19N3O2. The average Bonchev–Trinajstić information content (AvgIpc) is 2.73. The second kappa shape index (κ2) is 5.32. The Morgan fingerprint density at radius 1 is 1.32 bits per heavy atom. The lowest BCUT2D eigenvalue weighted by molar-refractivity contribution is 0.0497. The van der Waals surface area contributed by atoms with Gasteiger partial charge in [-0.2, -0.15) is 0 Å². The highest BCUT2D eigenvalue weighted by Gasteiger charge is 2.15. The number of hydrogen-bond acceptors (Lipinski definition) is 3. The number of fused-ring (bicyclic) bond motifs is 1. The molecule has 102 valence electrons. The van der Waals surface area contributed by atoms with Gasteiger partial charge in [0.05, 0.1) is 0 Å². The minimum absolute atomic E-state index is 0.477. The number of ether oxygens (including phenoxy) is 1. The molecule has 0 aliphatic carbocycles. The van der Waals surface area contributed by atoms with E-state index in [-0.39, 0.29) is 0 Å². The standard InChI is InChI=1S/C14H19N3O2/c1-14(2,3)19-13(18)17-16-9-10-4-5-12-11(8-10)6-7-15-12/h4-8,15-16H,9H2,1-3H3,(H,17,18). The topological polar surface area (TPSA) is 66.2 Å². The van der Waals surface area contributed by atoms with Gasteiger partial charge >= 0.3 is 6.09 Å². The van der Waals surface area contributed by atoms with Crippen molar-refractivity contribution in [1.82, 2.24) is 15.8 Å². The third-order valence-corrected chi connectivity index (χ3v) is 2.50. The van der Waals surface area contributed by atoms with Crippen LogP contribution in [-0.4, -0.2) is 16.7 Å². The second-order valence-corrected chi connectivity index (χ2v) is 5.38. The molecule has 3 N–H and O–H groups in total. The van der Waals surface area contributed by atoms with Gasteiger partial charge in [-0.15, -0.1) is 0 Å². The number of nitrogens with one attached hydrogen (secondary N) is 3. The van der Waals surface area contributed by atoms with Gasteiger partial charge in [0.25, 0.3) is 0 Å². The van der Waals surface area contributed by atoms with Gasteiger partial charge in [-0.3, -0.25) is 5.43 Å². The third-order valence-electron chi connectivity index (χ3n) is 2.50. The van der Waals surface area contributed by atoms with E-state index in [0.29, 0.717) is 6.54 Å². The van der Waals surface area contributed by atoms with Gasteiger partial charge in [-0.1, -0.05) is 6.07 Å². The van der Waals surface area contributed by atoms with Crippen LogP contribution in [0.25, 0.3) is 10.9 Å². The zero-order valence-electron chi connectivity index (χ0n) is 11.4. The molecule has 2 rings (SSSR count). The van der Waals surface area contributed by atoms with Crippen LogP contribution >= 0.6 is 0 Å². The molecule has 1 aromatic heterocycles. The molecule has 1 aromatic carbocycles. The normalized spacial score (nSPS) is 11.5. The van der Waals surface area contributed by atoms with Crippen molar-refractivity contribution >= 4 is 17.0 Å². The van der Waals surface area contributed by atoms with Gasteiger partial charge in [0.2, 0.25) is 0 Å². The van der Waals surface area contributed by atoms with Crippen LogP contribution in [0.2, 0.25) is 0 Å². The summed E-state index contributed by atoms with van der Waals surface area (Å²) in [6, 6.07) is 8.10. The van der Waals surface area contributed by atoms with Crippen LogP contribution in [0.5, 0.6) is 0 Å². The molecule has 0 saturated carbocycles. The highest BCUT2D eigenvalue weighted by atomic mass is 16.6. The number of hydrogen-bond donors (Lipinski definition) is 3. The third kappa shape index (κ3) is 3.99. The van der Waals surface area contributed by atoms with Crippen molar-refractivity contribution < 1.29 is 9.53 Å². The van der Waals surface area contributed by atoms with Crippen molar-refractivity contribution in [2.45, 2.75) is 32.9 Å². The highest BCUT2D eigenvalue weighted by Crippen LogP contribution is 2.13. The maximum atomic E-state index is 11.4. The molecule has 0 unspecified atom stereocenters. The molecule has 0 atom stereocenters. The summed E-state index contributed by atoms with van der Waals surface area (Å²) in [4.78, 5) is 14.6. The number of aromatic amines is 1. The van der Waals surface area contributed by atoms with Crippen LogP contribution in [0.3, 0.4) is 0 Å². The van der Waals surface area contributed by atoms with E-state index in [9.17, 15) is 4.79 Å². The fourth-order valence-electron chi connectivity index (χ4n) is 1.73. The number of aromatic nitrogens is 1. The Hall–Kier alpha value is -2.01. The number of hydrazine groups is 1. The zero-order valence-corrected chi connectivity index (χ0v) is 11.4. The first-order chi connectivity index (χ1) is 8.94. The Morgan fingerprint density at radius 2 is 2.11 bits per heavy atom. The highest BCUT2D eigenvalue weighted by molar-refractivity contribution is 5.79. The summed E-state index contributed by atoms with van der Waals surface area (Å²) in [7, 11) is 0. The number of carbonyl (C=O) groups is 1. The molecule has 5 nitrogen and oxygen atoms in total. The number of carbonyl (C=O) groups excluding carboxylic acids is 1.